The monoisotopic (exact) mass is 454 g/mol. The van der Waals surface area contributed by atoms with Gasteiger partial charge in [-0.1, -0.05) is 0 Å². The maximum atomic E-state index is 14.4. The largest absolute Gasteiger partial charge is 0.497 e. The first-order valence-electron chi connectivity index (χ1n) is 9.82. The molecular weight excluding hydrogens is 432 g/mol. The molecule has 1 aliphatic heterocycles. The summed E-state index contributed by atoms with van der Waals surface area (Å²) in [6.07, 6.45) is 0. The van der Waals surface area contributed by atoms with E-state index < -0.39 is 47.9 Å². The van der Waals surface area contributed by atoms with E-state index in [0.717, 1.165) is 24.3 Å². The Bertz CT molecular complexity index is 1010. The molecule has 1 fully saturated rings. The Balaban J connectivity index is 1.76. The van der Waals surface area contributed by atoms with E-state index in [1.165, 1.54) is 29.0 Å². The molecule has 6 nitrogen and oxygen atoms in total. The summed E-state index contributed by atoms with van der Waals surface area (Å²) in [6, 6.07) is 5.85. The molecule has 1 heterocycles. The van der Waals surface area contributed by atoms with Crippen LogP contribution in [-0.2, 0) is 0 Å². The number of methoxy groups -OCH3 is 1. The van der Waals surface area contributed by atoms with Gasteiger partial charge in [0, 0.05) is 37.3 Å². The van der Waals surface area contributed by atoms with Crippen LogP contribution >= 0.6 is 0 Å². The Morgan fingerprint density at radius 1 is 0.906 bits per heavy atom. The normalized spacial score (nSPS) is 18.6. The summed E-state index contributed by atoms with van der Waals surface area (Å²) in [5, 5.41) is 0. The molecular formula is C22H22F4N2O4. The van der Waals surface area contributed by atoms with Crippen molar-refractivity contribution in [2.45, 2.75) is 32.5 Å². The van der Waals surface area contributed by atoms with E-state index in [2.05, 4.69) is 4.74 Å². The van der Waals surface area contributed by atoms with Crippen molar-refractivity contribution in [3.8, 4) is 11.5 Å². The predicted octanol–water partition coefficient (Wildman–Crippen LogP) is 3.95. The summed E-state index contributed by atoms with van der Waals surface area (Å²) >= 11 is 0. The second kappa shape index (κ2) is 9.46. The van der Waals surface area contributed by atoms with Crippen LogP contribution in [0.3, 0.4) is 0 Å². The van der Waals surface area contributed by atoms with Crippen molar-refractivity contribution in [3.63, 3.8) is 0 Å². The van der Waals surface area contributed by atoms with Gasteiger partial charge in [0.1, 0.15) is 23.1 Å². The zero-order valence-corrected chi connectivity index (χ0v) is 17.6. The van der Waals surface area contributed by atoms with E-state index in [4.69, 9.17) is 4.74 Å². The number of piperazine rings is 1. The minimum absolute atomic E-state index is 0.0847. The highest BCUT2D eigenvalue weighted by molar-refractivity contribution is 5.97. The first kappa shape index (κ1) is 23.4. The third-order valence-electron chi connectivity index (χ3n) is 5.24. The molecule has 32 heavy (non-hydrogen) atoms. The molecule has 172 valence electrons. The molecule has 0 bridgehead atoms. The molecule has 0 N–H and O–H groups in total. The summed E-state index contributed by atoms with van der Waals surface area (Å²) in [5.41, 5.74) is -0.420. The lowest BCUT2D eigenvalue weighted by Gasteiger charge is -2.44. The number of carbonyl (C=O) groups is 2. The van der Waals surface area contributed by atoms with Crippen molar-refractivity contribution in [2.24, 2.45) is 0 Å². The molecule has 0 saturated carbocycles. The lowest BCUT2D eigenvalue weighted by molar-refractivity contribution is -0.0500. The first-order valence-corrected chi connectivity index (χ1v) is 9.82. The van der Waals surface area contributed by atoms with Crippen LogP contribution in [0.15, 0.2) is 36.4 Å². The van der Waals surface area contributed by atoms with Crippen LogP contribution in [0.5, 0.6) is 11.5 Å². The number of benzene rings is 2. The molecule has 3 rings (SSSR count). The fraction of sp³-hybridized carbons (Fsp3) is 0.364. The highest BCUT2D eigenvalue weighted by atomic mass is 19.3. The van der Waals surface area contributed by atoms with E-state index >= 15 is 0 Å². The molecule has 2 amide bonds. The quantitative estimate of drug-likeness (QED) is 0.642. The van der Waals surface area contributed by atoms with E-state index in [9.17, 15) is 27.2 Å². The van der Waals surface area contributed by atoms with Gasteiger partial charge < -0.3 is 19.3 Å². The number of carbonyl (C=O) groups excluding carboxylic acids is 2. The summed E-state index contributed by atoms with van der Waals surface area (Å²) in [7, 11) is 1.39. The van der Waals surface area contributed by atoms with Crippen molar-refractivity contribution in [1.29, 1.82) is 0 Å². The average molecular weight is 454 g/mol. The van der Waals surface area contributed by atoms with Gasteiger partial charge in [0.15, 0.2) is 0 Å². The zero-order chi connectivity index (χ0) is 23.6. The van der Waals surface area contributed by atoms with Crippen molar-refractivity contribution in [1.82, 2.24) is 9.80 Å². The predicted molar refractivity (Wildman–Crippen MR) is 107 cm³/mol. The van der Waals surface area contributed by atoms with Crippen molar-refractivity contribution in [3.05, 3.63) is 59.2 Å². The lowest BCUT2D eigenvalue weighted by atomic mass is 10.0. The Morgan fingerprint density at radius 3 is 1.91 bits per heavy atom. The second-order valence-corrected chi connectivity index (χ2v) is 7.49. The Morgan fingerprint density at radius 2 is 1.41 bits per heavy atom. The minimum Gasteiger partial charge on any atom is -0.497 e. The van der Waals surface area contributed by atoms with Gasteiger partial charge in [0.2, 0.25) is 0 Å². The first-order chi connectivity index (χ1) is 15.1. The Labute approximate surface area is 182 Å². The van der Waals surface area contributed by atoms with Crippen LogP contribution in [0.25, 0.3) is 0 Å². The molecule has 0 aromatic heterocycles. The van der Waals surface area contributed by atoms with Gasteiger partial charge >= 0.3 is 6.61 Å². The molecule has 0 unspecified atom stereocenters. The van der Waals surface area contributed by atoms with Gasteiger partial charge in [-0.15, -0.1) is 0 Å². The summed E-state index contributed by atoms with van der Waals surface area (Å²) in [6.45, 7) is 0.456. The van der Waals surface area contributed by atoms with Crippen molar-refractivity contribution < 1.29 is 36.6 Å². The smallest absolute Gasteiger partial charge is 0.387 e. The highest BCUT2D eigenvalue weighted by Crippen LogP contribution is 2.25. The van der Waals surface area contributed by atoms with Crippen molar-refractivity contribution in [2.75, 3.05) is 20.2 Å². The van der Waals surface area contributed by atoms with E-state index in [0.29, 0.717) is 0 Å². The minimum atomic E-state index is -3.11. The molecule has 2 atom stereocenters. The molecule has 10 heteroatoms. The zero-order valence-electron chi connectivity index (χ0n) is 17.6. The van der Waals surface area contributed by atoms with E-state index in [1.807, 2.05) is 0 Å². The second-order valence-electron chi connectivity index (χ2n) is 7.49. The van der Waals surface area contributed by atoms with Gasteiger partial charge in [-0.2, -0.15) is 8.78 Å². The number of nitrogens with zero attached hydrogens (tertiary/aromatic N) is 2. The van der Waals surface area contributed by atoms with Crippen LogP contribution in [0.4, 0.5) is 17.6 Å². The van der Waals surface area contributed by atoms with Crippen LogP contribution in [0.2, 0.25) is 0 Å². The van der Waals surface area contributed by atoms with Crippen molar-refractivity contribution >= 4 is 11.8 Å². The standard InChI is InChI=1S/C22H22F4N2O4/c1-12-10-27(20(29)16-7-5-15(9-19(16)24)32-22(25)26)11-13(2)28(12)21(30)17-6-4-14(31-3)8-18(17)23/h4-9,12-13,22H,10-11H2,1-3H3/t12-,13-/m1/s1. The maximum Gasteiger partial charge on any atom is 0.387 e. The topological polar surface area (TPSA) is 59.1 Å². The van der Waals surface area contributed by atoms with Gasteiger partial charge in [-0.25, -0.2) is 8.78 Å². The van der Waals surface area contributed by atoms with Crippen LogP contribution < -0.4 is 9.47 Å². The Kier molecular flexibility index (Phi) is 6.90. The SMILES string of the molecule is COc1ccc(C(=O)N2[C@H](C)CN(C(=O)c3ccc(OC(F)F)cc3F)C[C@H]2C)c(F)c1. The average Bonchev–Trinajstić information content (AvgIpc) is 2.72. The third kappa shape index (κ3) is 4.79. The fourth-order valence-electron chi connectivity index (χ4n) is 3.84. The number of rotatable bonds is 5. The number of alkyl halides is 2. The molecule has 0 spiro atoms. The molecule has 2 aromatic rings. The number of hydrogen-bond donors (Lipinski definition) is 0. The third-order valence-corrected chi connectivity index (χ3v) is 5.24. The van der Waals surface area contributed by atoms with Gasteiger partial charge in [-0.3, -0.25) is 9.59 Å². The molecule has 0 radical (unpaired) electrons. The van der Waals surface area contributed by atoms with Crippen LogP contribution in [-0.4, -0.2) is 60.5 Å². The summed E-state index contributed by atoms with van der Waals surface area (Å²) in [4.78, 5) is 28.7. The number of halogens is 4. The van der Waals surface area contributed by atoms with Crippen LogP contribution in [0, 0.1) is 11.6 Å². The van der Waals surface area contributed by atoms with E-state index in [-0.39, 0.29) is 30.0 Å². The summed E-state index contributed by atoms with van der Waals surface area (Å²) in [5.74, 6) is -3.01. The van der Waals surface area contributed by atoms with Crippen LogP contribution in [0.1, 0.15) is 34.6 Å². The van der Waals surface area contributed by atoms with Gasteiger partial charge in [0.05, 0.1) is 18.2 Å². The molecule has 2 aromatic carbocycles. The molecule has 1 saturated heterocycles. The van der Waals surface area contributed by atoms with Gasteiger partial charge in [0.25, 0.3) is 11.8 Å². The fourth-order valence-corrected chi connectivity index (χ4v) is 3.84. The number of amides is 2. The van der Waals surface area contributed by atoms with Gasteiger partial charge in [-0.05, 0) is 38.1 Å². The van der Waals surface area contributed by atoms with E-state index in [1.54, 1.807) is 13.8 Å². The maximum absolute atomic E-state index is 14.4. The number of ether oxygens (including phenoxy) is 2. The number of hydrogen-bond acceptors (Lipinski definition) is 4. The highest BCUT2D eigenvalue weighted by Gasteiger charge is 2.36. The Hall–Kier alpha value is -3.30. The summed E-state index contributed by atoms with van der Waals surface area (Å²) < 4.78 is 62.4. The molecule has 0 aliphatic carbocycles. The molecule has 1 aliphatic rings. The lowest BCUT2D eigenvalue weighted by Crippen LogP contribution is -2.60.